The van der Waals surface area contributed by atoms with E-state index in [0.29, 0.717) is 76.2 Å². The Hall–Kier alpha value is -2.62. The van der Waals surface area contributed by atoms with Gasteiger partial charge in [-0.15, -0.1) is 9.81 Å². The highest BCUT2D eigenvalue weighted by atomic mass is 32.2. The summed E-state index contributed by atoms with van der Waals surface area (Å²) in [5.41, 5.74) is 1.17. The lowest BCUT2D eigenvalue weighted by Crippen LogP contribution is -2.41. The molecule has 3 aliphatic rings. The van der Waals surface area contributed by atoms with Crippen molar-refractivity contribution in [2.24, 2.45) is 10.4 Å². The summed E-state index contributed by atoms with van der Waals surface area (Å²) in [5.74, 6) is 0. The Labute approximate surface area is 246 Å². The summed E-state index contributed by atoms with van der Waals surface area (Å²) in [5, 5.41) is 6.56. The van der Waals surface area contributed by atoms with Crippen LogP contribution in [-0.4, -0.2) is 77.0 Å². The Kier molecular flexibility index (Phi) is 9.21. The van der Waals surface area contributed by atoms with Crippen LogP contribution in [0, 0.1) is 9.81 Å². The predicted molar refractivity (Wildman–Crippen MR) is 155 cm³/mol. The molecule has 0 bridgehead atoms. The fraction of sp³-hybridized carbons (Fsp3) is 0.571. The second-order valence-electron chi connectivity index (χ2n) is 10.7. The van der Waals surface area contributed by atoms with Crippen LogP contribution in [0.5, 0.6) is 0 Å². The zero-order chi connectivity index (χ0) is 30.1. The molecule has 0 amide bonds. The van der Waals surface area contributed by atoms with Gasteiger partial charge in [-0.1, -0.05) is 22.5 Å². The standard InChI is InChI=1S/C28H36N4O8S2/c1-3-39-19-9-13-31(14-10-19)41(35,36)21-5-7-23-25(17-21)27(29-33)24-8-6-22(18-26(24)28(23)30-34)42(37,38)32-15-11-20(12-16-32)40-4-2/h5-8,17-20,27-28H,3-4,9-16H2,1-2H3. The third kappa shape index (κ3) is 5.67. The SMILES string of the molecule is CCOC1CCN(S(=O)(=O)c2ccc3c(c2)C(N=O)c2ccc(S(=O)(=O)N4CCC(OCC)CC4)cc2C3N=O)CC1. The van der Waals surface area contributed by atoms with E-state index in [4.69, 9.17) is 9.47 Å². The van der Waals surface area contributed by atoms with Gasteiger partial charge in [-0.05, 0) is 86.1 Å². The van der Waals surface area contributed by atoms with Gasteiger partial charge in [-0.25, -0.2) is 16.8 Å². The van der Waals surface area contributed by atoms with Crippen molar-refractivity contribution in [1.82, 2.24) is 8.61 Å². The van der Waals surface area contributed by atoms with Crippen molar-refractivity contribution in [2.45, 2.75) is 73.6 Å². The van der Waals surface area contributed by atoms with E-state index in [1.165, 1.54) is 45.0 Å². The number of nitroso groups, excluding NO2 is 2. The van der Waals surface area contributed by atoms with Gasteiger partial charge in [0, 0.05) is 39.4 Å². The molecule has 2 fully saturated rings. The molecule has 5 rings (SSSR count). The van der Waals surface area contributed by atoms with Crippen LogP contribution in [0.4, 0.5) is 0 Å². The van der Waals surface area contributed by atoms with E-state index >= 15 is 0 Å². The Morgan fingerprint density at radius 2 is 1.00 bits per heavy atom. The zero-order valence-corrected chi connectivity index (χ0v) is 25.3. The van der Waals surface area contributed by atoms with Gasteiger partial charge < -0.3 is 9.47 Å². The first-order valence-corrected chi connectivity index (χ1v) is 17.2. The van der Waals surface area contributed by atoms with Crippen LogP contribution < -0.4 is 0 Å². The van der Waals surface area contributed by atoms with Gasteiger partial charge >= 0.3 is 0 Å². The summed E-state index contributed by atoms with van der Waals surface area (Å²) < 4.78 is 68.1. The third-order valence-electron chi connectivity index (χ3n) is 8.39. The lowest BCUT2D eigenvalue weighted by molar-refractivity contribution is 0.0288. The second-order valence-corrected chi connectivity index (χ2v) is 14.6. The second kappa shape index (κ2) is 12.5. The molecule has 42 heavy (non-hydrogen) atoms. The van der Waals surface area contributed by atoms with Crippen molar-refractivity contribution < 1.29 is 26.3 Å². The highest BCUT2D eigenvalue weighted by molar-refractivity contribution is 7.89. The number of piperidine rings is 2. The molecule has 0 N–H and O–H groups in total. The molecule has 2 heterocycles. The van der Waals surface area contributed by atoms with Gasteiger partial charge in [0.1, 0.15) is 12.1 Å². The van der Waals surface area contributed by atoms with Crippen molar-refractivity contribution in [3.63, 3.8) is 0 Å². The number of sulfonamides is 2. The topological polar surface area (TPSA) is 152 Å². The summed E-state index contributed by atoms with van der Waals surface area (Å²) in [4.78, 5) is 24.4. The Bertz CT molecular complexity index is 1420. The molecule has 2 atom stereocenters. The molecule has 14 heteroatoms. The number of hydrogen-bond acceptors (Lipinski definition) is 10. The minimum Gasteiger partial charge on any atom is -0.378 e. The maximum atomic E-state index is 13.5. The highest BCUT2D eigenvalue weighted by Gasteiger charge is 2.38. The lowest BCUT2D eigenvalue weighted by atomic mass is 9.80. The van der Waals surface area contributed by atoms with Gasteiger partial charge in [0.2, 0.25) is 20.0 Å². The first kappa shape index (κ1) is 30.8. The number of rotatable bonds is 10. The van der Waals surface area contributed by atoms with E-state index in [0.717, 1.165) is 0 Å². The zero-order valence-electron chi connectivity index (χ0n) is 23.7. The van der Waals surface area contributed by atoms with Crippen LogP contribution in [0.15, 0.2) is 56.5 Å². The van der Waals surface area contributed by atoms with Crippen LogP contribution in [-0.2, 0) is 29.5 Å². The Balaban J connectivity index is 1.45. The molecule has 2 saturated heterocycles. The van der Waals surface area contributed by atoms with Gasteiger partial charge in [-0.2, -0.15) is 8.61 Å². The summed E-state index contributed by atoms with van der Waals surface area (Å²) >= 11 is 0. The molecular weight excluding hydrogens is 584 g/mol. The molecular formula is C28H36N4O8S2. The predicted octanol–water partition coefficient (Wildman–Crippen LogP) is 4.09. The van der Waals surface area contributed by atoms with E-state index in [1.54, 1.807) is 0 Å². The van der Waals surface area contributed by atoms with Gasteiger partial charge in [0.15, 0.2) is 0 Å². The first-order chi connectivity index (χ1) is 20.1. The smallest absolute Gasteiger partial charge is 0.243 e. The Morgan fingerprint density at radius 3 is 1.31 bits per heavy atom. The lowest BCUT2D eigenvalue weighted by Gasteiger charge is -2.32. The number of hydrogen-bond donors (Lipinski definition) is 0. The molecule has 2 aliphatic heterocycles. The minimum atomic E-state index is -3.88. The molecule has 1 aliphatic carbocycles. The maximum Gasteiger partial charge on any atom is 0.243 e. The van der Waals surface area contributed by atoms with Gasteiger partial charge in [0.05, 0.1) is 22.0 Å². The van der Waals surface area contributed by atoms with Gasteiger partial charge in [-0.3, -0.25) is 0 Å². The monoisotopic (exact) mass is 620 g/mol. The van der Waals surface area contributed by atoms with Crippen molar-refractivity contribution in [3.05, 3.63) is 68.5 Å². The van der Waals surface area contributed by atoms with Crippen LogP contribution in [0.1, 0.15) is 73.9 Å². The fourth-order valence-corrected chi connectivity index (χ4v) is 9.22. The van der Waals surface area contributed by atoms with E-state index in [9.17, 15) is 26.6 Å². The molecule has 12 nitrogen and oxygen atoms in total. The van der Waals surface area contributed by atoms with Crippen LogP contribution >= 0.6 is 0 Å². The molecule has 0 spiro atoms. The largest absolute Gasteiger partial charge is 0.378 e. The van der Waals surface area contributed by atoms with E-state index < -0.39 is 32.1 Å². The maximum absolute atomic E-state index is 13.5. The average molecular weight is 621 g/mol. The molecule has 228 valence electrons. The molecule has 0 radical (unpaired) electrons. The summed E-state index contributed by atoms with van der Waals surface area (Å²) in [6.45, 7) is 6.16. The van der Waals surface area contributed by atoms with Crippen LogP contribution in [0.3, 0.4) is 0 Å². The normalized spacial score (nSPS) is 22.8. The van der Waals surface area contributed by atoms with E-state index in [1.807, 2.05) is 13.8 Å². The number of nitrogens with zero attached hydrogens (tertiary/aromatic N) is 4. The molecule has 2 unspecified atom stereocenters. The van der Waals surface area contributed by atoms with Gasteiger partial charge in [0.25, 0.3) is 0 Å². The van der Waals surface area contributed by atoms with Crippen molar-refractivity contribution >= 4 is 20.0 Å². The fourth-order valence-electron chi connectivity index (χ4n) is 6.21. The summed E-state index contributed by atoms with van der Waals surface area (Å²) in [7, 11) is -7.76. The first-order valence-electron chi connectivity index (χ1n) is 14.3. The average Bonchev–Trinajstić information content (AvgIpc) is 3.00. The van der Waals surface area contributed by atoms with Crippen molar-refractivity contribution in [1.29, 1.82) is 0 Å². The molecule has 2 aromatic rings. The van der Waals surface area contributed by atoms with Crippen molar-refractivity contribution in [3.8, 4) is 0 Å². The molecule has 0 saturated carbocycles. The Morgan fingerprint density at radius 1 is 0.643 bits per heavy atom. The van der Waals surface area contributed by atoms with E-state index in [2.05, 4.69) is 10.4 Å². The van der Waals surface area contributed by atoms with E-state index in [-0.39, 0.29) is 33.1 Å². The molecule has 2 aromatic carbocycles. The van der Waals surface area contributed by atoms with Crippen LogP contribution in [0.2, 0.25) is 0 Å². The number of benzene rings is 2. The quantitative estimate of drug-likeness (QED) is 0.360. The van der Waals surface area contributed by atoms with Crippen LogP contribution in [0.25, 0.3) is 0 Å². The molecule has 0 aromatic heterocycles. The summed E-state index contributed by atoms with van der Waals surface area (Å²) in [6, 6.07) is 6.26. The minimum absolute atomic E-state index is 0.00693. The third-order valence-corrected chi connectivity index (χ3v) is 12.2. The number of fused-ring (bicyclic) bond motifs is 2. The van der Waals surface area contributed by atoms with Crippen molar-refractivity contribution in [2.75, 3.05) is 39.4 Å². The number of ether oxygens (including phenoxy) is 2. The summed E-state index contributed by atoms with van der Waals surface area (Å²) in [6.07, 6.45) is 2.35. The highest BCUT2D eigenvalue weighted by Crippen LogP contribution is 2.46.